The van der Waals surface area contributed by atoms with Crippen molar-refractivity contribution in [1.29, 1.82) is 0 Å². The van der Waals surface area contributed by atoms with E-state index in [1.807, 2.05) is 0 Å². The van der Waals surface area contributed by atoms with E-state index in [0.29, 0.717) is 17.0 Å². The number of nitro benzene ring substituents is 1. The molecule has 6 nitrogen and oxygen atoms in total. The van der Waals surface area contributed by atoms with Crippen molar-refractivity contribution in [1.82, 2.24) is 9.55 Å². The summed E-state index contributed by atoms with van der Waals surface area (Å²) < 4.78 is 1.75. The number of hydrogen-bond acceptors (Lipinski definition) is 4. The Bertz CT molecular complexity index is 563. The number of aliphatic hydroxyl groups is 1. The van der Waals surface area contributed by atoms with E-state index >= 15 is 0 Å². The molecule has 0 saturated carbocycles. The molecular formula is C11H11N3O3. The van der Waals surface area contributed by atoms with Gasteiger partial charge in [-0.2, -0.15) is 0 Å². The van der Waals surface area contributed by atoms with Gasteiger partial charge >= 0.3 is 0 Å². The number of hydrogen-bond donors (Lipinski definition) is 1. The van der Waals surface area contributed by atoms with Crippen molar-refractivity contribution in [2.75, 3.05) is 0 Å². The Morgan fingerprint density at radius 3 is 2.82 bits per heavy atom. The lowest BCUT2D eigenvalue weighted by molar-refractivity contribution is -0.384. The Hall–Kier alpha value is -2.21. The van der Waals surface area contributed by atoms with E-state index in [4.69, 9.17) is 0 Å². The van der Waals surface area contributed by atoms with Gasteiger partial charge in [-0.1, -0.05) is 0 Å². The number of rotatable bonds is 3. The van der Waals surface area contributed by atoms with Crippen LogP contribution in [0.1, 0.15) is 5.56 Å². The van der Waals surface area contributed by atoms with Crippen LogP contribution < -0.4 is 0 Å². The fraction of sp³-hybridized carbons (Fsp3) is 0.182. The third kappa shape index (κ3) is 2.02. The Kier molecular flexibility index (Phi) is 2.88. The van der Waals surface area contributed by atoms with Gasteiger partial charge in [0.2, 0.25) is 0 Å². The van der Waals surface area contributed by atoms with Gasteiger partial charge in [-0.05, 0) is 11.6 Å². The van der Waals surface area contributed by atoms with Crippen molar-refractivity contribution in [3.63, 3.8) is 0 Å². The molecule has 1 heterocycles. The summed E-state index contributed by atoms with van der Waals surface area (Å²) >= 11 is 0. The Morgan fingerprint density at radius 2 is 2.29 bits per heavy atom. The summed E-state index contributed by atoms with van der Waals surface area (Å²) in [6.07, 6.45) is 3.35. The van der Waals surface area contributed by atoms with Crippen LogP contribution in [0.25, 0.3) is 11.4 Å². The van der Waals surface area contributed by atoms with Crippen molar-refractivity contribution in [3.05, 3.63) is 46.3 Å². The molecule has 1 aromatic heterocycles. The van der Waals surface area contributed by atoms with E-state index in [2.05, 4.69) is 4.98 Å². The number of non-ortho nitro benzene ring substituents is 1. The molecule has 0 atom stereocenters. The molecule has 0 saturated heterocycles. The molecule has 1 N–H and O–H groups in total. The number of aromatic nitrogens is 2. The predicted octanol–water partition coefficient (Wildman–Crippen LogP) is 1.49. The smallest absolute Gasteiger partial charge is 0.270 e. The van der Waals surface area contributed by atoms with Crippen LogP contribution in [0.2, 0.25) is 0 Å². The topological polar surface area (TPSA) is 81.2 Å². The Labute approximate surface area is 97.3 Å². The molecule has 88 valence electrons. The van der Waals surface area contributed by atoms with E-state index in [9.17, 15) is 15.2 Å². The zero-order chi connectivity index (χ0) is 12.4. The van der Waals surface area contributed by atoms with Crippen molar-refractivity contribution in [3.8, 4) is 11.4 Å². The molecule has 17 heavy (non-hydrogen) atoms. The average molecular weight is 233 g/mol. The lowest BCUT2D eigenvalue weighted by Gasteiger charge is -2.07. The molecular weight excluding hydrogens is 222 g/mol. The number of benzene rings is 1. The largest absolute Gasteiger partial charge is 0.392 e. The number of imidazole rings is 1. The minimum atomic E-state index is -0.465. The predicted molar refractivity (Wildman–Crippen MR) is 61.2 cm³/mol. The van der Waals surface area contributed by atoms with E-state index in [1.54, 1.807) is 30.1 Å². The first-order chi connectivity index (χ1) is 8.13. The third-order valence-corrected chi connectivity index (χ3v) is 2.54. The summed E-state index contributed by atoms with van der Waals surface area (Å²) in [7, 11) is 1.79. The molecule has 2 aromatic rings. The Balaban J connectivity index is 2.61. The summed E-state index contributed by atoms with van der Waals surface area (Å²) in [4.78, 5) is 14.4. The monoisotopic (exact) mass is 233 g/mol. The van der Waals surface area contributed by atoms with E-state index < -0.39 is 4.92 Å². The molecule has 0 amide bonds. The van der Waals surface area contributed by atoms with Crippen LogP contribution in [-0.4, -0.2) is 19.6 Å². The lowest BCUT2D eigenvalue weighted by Crippen LogP contribution is -1.98. The highest BCUT2D eigenvalue weighted by Gasteiger charge is 2.14. The normalized spacial score (nSPS) is 10.5. The summed E-state index contributed by atoms with van der Waals surface area (Å²) in [5, 5.41) is 20.0. The van der Waals surface area contributed by atoms with Crippen LogP contribution in [0.4, 0.5) is 5.69 Å². The third-order valence-electron chi connectivity index (χ3n) is 2.54. The number of aliphatic hydroxyl groups excluding tert-OH is 1. The van der Waals surface area contributed by atoms with Gasteiger partial charge in [0.25, 0.3) is 5.69 Å². The highest BCUT2D eigenvalue weighted by atomic mass is 16.6. The minimum Gasteiger partial charge on any atom is -0.392 e. The second kappa shape index (κ2) is 4.34. The molecule has 6 heteroatoms. The second-order valence-corrected chi connectivity index (χ2v) is 3.62. The van der Waals surface area contributed by atoms with Crippen LogP contribution in [0.15, 0.2) is 30.6 Å². The summed E-state index contributed by atoms with van der Waals surface area (Å²) in [5.74, 6) is 0.595. The van der Waals surface area contributed by atoms with Gasteiger partial charge in [0.15, 0.2) is 0 Å². The van der Waals surface area contributed by atoms with E-state index in [0.717, 1.165) is 0 Å². The quantitative estimate of drug-likeness (QED) is 0.643. The van der Waals surface area contributed by atoms with Crippen LogP contribution in [0.3, 0.4) is 0 Å². The van der Waals surface area contributed by atoms with Crippen LogP contribution >= 0.6 is 0 Å². The highest BCUT2D eigenvalue weighted by molar-refractivity contribution is 5.64. The SMILES string of the molecule is Cn1ccnc1-c1cc([N+](=O)[O-])ccc1CO. The summed E-state index contributed by atoms with van der Waals surface area (Å²) in [6.45, 7) is -0.180. The van der Waals surface area contributed by atoms with Gasteiger partial charge in [0.05, 0.1) is 11.5 Å². The minimum absolute atomic E-state index is 0.0137. The standard InChI is InChI=1S/C11H11N3O3/c1-13-5-4-12-11(13)10-6-9(14(16)17)3-2-8(10)7-15/h2-6,15H,7H2,1H3. The van der Waals surface area contributed by atoms with Crippen molar-refractivity contribution >= 4 is 5.69 Å². The number of nitrogens with zero attached hydrogens (tertiary/aromatic N) is 3. The molecule has 0 aliphatic carbocycles. The van der Waals surface area contributed by atoms with Crippen LogP contribution in [0, 0.1) is 10.1 Å². The van der Waals surface area contributed by atoms with Gasteiger partial charge in [-0.15, -0.1) is 0 Å². The first-order valence-corrected chi connectivity index (χ1v) is 4.99. The van der Waals surface area contributed by atoms with Crippen molar-refractivity contribution in [2.45, 2.75) is 6.61 Å². The van der Waals surface area contributed by atoms with Gasteiger partial charge in [0.1, 0.15) is 5.82 Å². The molecule has 0 fully saturated rings. The molecule has 2 rings (SSSR count). The first-order valence-electron chi connectivity index (χ1n) is 4.99. The first kappa shape index (κ1) is 11.3. The maximum atomic E-state index is 10.7. The van der Waals surface area contributed by atoms with E-state index in [-0.39, 0.29) is 12.3 Å². The molecule has 0 unspecified atom stereocenters. The molecule has 0 bridgehead atoms. The lowest BCUT2D eigenvalue weighted by atomic mass is 10.1. The molecule has 0 aliphatic rings. The summed E-state index contributed by atoms with van der Waals surface area (Å²) in [5.41, 5.74) is 1.18. The maximum Gasteiger partial charge on any atom is 0.270 e. The maximum absolute atomic E-state index is 10.7. The zero-order valence-electron chi connectivity index (χ0n) is 9.20. The van der Waals surface area contributed by atoms with Crippen LogP contribution in [-0.2, 0) is 13.7 Å². The second-order valence-electron chi connectivity index (χ2n) is 3.62. The van der Waals surface area contributed by atoms with E-state index in [1.165, 1.54) is 12.1 Å². The van der Waals surface area contributed by atoms with Gasteiger partial charge in [0, 0.05) is 37.1 Å². The van der Waals surface area contributed by atoms with Crippen LogP contribution in [0.5, 0.6) is 0 Å². The highest BCUT2D eigenvalue weighted by Crippen LogP contribution is 2.26. The average Bonchev–Trinajstić information content (AvgIpc) is 2.74. The zero-order valence-corrected chi connectivity index (χ0v) is 9.20. The Morgan fingerprint density at radius 1 is 1.53 bits per heavy atom. The van der Waals surface area contributed by atoms with Crippen molar-refractivity contribution < 1.29 is 10.0 Å². The van der Waals surface area contributed by atoms with Crippen molar-refractivity contribution in [2.24, 2.45) is 7.05 Å². The molecule has 0 spiro atoms. The van der Waals surface area contributed by atoms with Gasteiger partial charge < -0.3 is 9.67 Å². The van der Waals surface area contributed by atoms with Gasteiger partial charge in [-0.25, -0.2) is 4.98 Å². The fourth-order valence-corrected chi connectivity index (χ4v) is 1.65. The fourth-order valence-electron chi connectivity index (χ4n) is 1.65. The number of nitro groups is 1. The molecule has 0 aliphatic heterocycles. The molecule has 1 aromatic carbocycles. The summed E-state index contributed by atoms with van der Waals surface area (Å²) in [6, 6.07) is 4.34. The molecule has 0 radical (unpaired) electrons. The van der Waals surface area contributed by atoms with Gasteiger partial charge in [-0.3, -0.25) is 10.1 Å². The number of aryl methyl sites for hydroxylation is 1.